The zero-order valence-corrected chi connectivity index (χ0v) is 17.7. The maximum Gasteiger partial charge on any atom is 0.191 e. The highest BCUT2D eigenvalue weighted by atomic mass is 32.2. The van der Waals surface area contributed by atoms with E-state index in [9.17, 15) is 12.8 Å². The maximum atomic E-state index is 13.7. The molecule has 0 aromatic heterocycles. The normalized spacial score (nSPS) is 17.4. The molecule has 0 amide bonds. The predicted octanol–water partition coefficient (Wildman–Crippen LogP) is 1.15. The second-order valence-corrected chi connectivity index (χ2v) is 9.20. The van der Waals surface area contributed by atoms with Crippen molar-refractivity contribution in [1.82, 2.24) is 15.5 Å². The van der Waals surface area contributed by atoms with Crippen LogP contribution in [-0.4, -0.2) is 71.0 Å². The third kappa shape index (κ3) is 7.73. The summed E-state index contributed by atoms with van der Waals surface area (Å²) in [5, 5.41) is 6.49. The van der Waals surface area contributed by atoms with E-state index < -0.39 is 15.7 Å². The van der Waals surface area contributed by atoms with Crippen LogP contribution in [0, 0.1) is 5.82 Å². The van der Waals surface area contributed by atoms with Crippen molar-refractivity contribution < 1.29 is 17.5 Å². The van der Waals surface area contributed by atoms with Gasteiger partial charge in [-0.05, 0) is 37.1 Å². The van der Waals surface area contributed by atoms with Crippen molar-refractivity contribution in [2.24, 2.45) is 4.99 Å². The van der Waals surface area contributed by atoms with E-state index in [0.717, 1.165) is 26.3 Å². The van der Waals surface area contributed by atoms with Gasteiger partial charge < -0.3 is 15.4 Å². The molecule has 7 nitrogen and oxygen atoms in total. The van der Waals surface area contributed by atoms with Crippen molar-refractivity contribution in [3.63, 3.8) is 0 Å². The first-order valence-corrected chi connectivity index (χ1v) is 11.6. The average molecular weight is 415 g/mol. The van der Waals surface area contributed by atoms with E-state index in [0.29, 0.717) is 36.2 Å². The van der Waals surface area contributed by atoms with Crippen LogP contribution in [0.4, 0.5) is 4.39 Å². The molecule has 1 atom stereocenters. The molecule has 2 rings (SSSR count). The van der Waals surface area contributed by atoms with Crippen LogP contribution < -0.4 is 10.6 Å². The number of sulfone groups is 1. The van der Waals surface area contributed by atoms with Gasteiger partial charge in [-0.2, -0.15) is 0 Å². The summed E-state index contributed by atoms with van der Waals surface area (Å²) in [7, 11) is -3.21. The Kier molecular flexibility index (Phi) is 8.65. The summed E-state index contributed by atoms with van der Waals surface area (Å²) in [5.74, 6) is 0.0921. The first kappa shape index (κ1) is 22.6. The first-order chi connectivity index (χ1) is 13.3. The highest BCUT2D eigenvalue weighted by molar-refractivity contribution is 7.89. The van der Waals surface area contributed by atoms with Crippen molar-refractivity contribution in [1.29, 1.82) is 0 Å². The van der Waals surface area contributed by atoms with Crippen LogP contribution in [0.25, 0.3) is 0 Å². The Morgan fingerprint density at radius 1 is 1.29 bits per heavy atom. The molecule has 0 saturated carbocycles. The molecule has 0 radical (unpaired) electrons. The topological polar surface area (TPSA) is 83.0 Å². The van der Waals surface area contributed by atoms with Gasteiger partial charge >= 0.3 is 0 Å². The smallest absolute Gasteiger partial charge is 0.191 e. The van der Waals surface area contributed by atoms with Crippen molar-refractivity contribution in [3.05, 3.63) is 35.1 Å². The number of hydrogen-bond donors (Lipinski definition) is 2. The number of rotatable bonds is 8. The molecule has 158 valence electrons. The molecule has 9 heteroatoms. The summed E-state index contributed by atoms with van der Waals surface area (Å²) in [6.45, 7) is 9.05. The summed E-state index contributed by atoms with van der Waals surface area (Å²) in [6.07, 6.45) is 1.17. The van der Waals surface area contributed by atoms with Crippen molar-refractivity contribution in [2.75, 3.05) is 45.6 Å². The van der Waals surface area contributed by atoms with E-state index in [2.05, 4.69) is 27.4 Å². The average Bonchev–Trinajstić information content (AvgIpc) is 2.65. The Morgan fingerprint density at radius 3 is 2.64 bits per heavy atom. The molecule has 0 aliphatic carbocycles. The quantitative estimate of drug-likeness (QED) is 0.490. The zero-order chi connectivity index (χ0) is 20.6. The minimum absolute atomic E-state index is 0.129. The molecule has 1 unspecified atom stereocenters. The van der Waals surface area contributed by atoms with Crippen LogP contribution in [0.15, 0.2) is 23.2 Å². The van der Waals surface area contributed by atoms with E-state index in [1.54, 1.807) is 0 Å². The predicted molar refractivity (Wildman–Crippen MR) is 110 cm³/mol. The molecule has 1 fully saturated rings. The van der Waals surface area contributed by atoms with Crippen LogP contribution in [0.3, 0.4) is 0 Å². The number of hydrogen-bond acceptors (Lipinski definition) is 5. The fraction of sp³-hybridized carbons (Fsp3) is 0.632. The minimum atomic E-state index is -3.21. The summed E-state index contributed by atoms with van der Waals surface area (Å²) in [4.78, 5) is 6.88. The van der Waals surface area contributed by atoms with E-state index in [1.165, 1.54) is 24.5 Å². The number of ether oxygens (including phenoxy) is 1. The molecule has 1 aromatic rings. The maximum absolute atomic E-state index is 13.7. The SMILES string of the molecule is CCNC(=NCc1cc(F)ccc1CS(C)(=O)=O)NCC(C)N1CCOCC1. The lowest BCUT2D eigenvalue weighted by molar-refractivity contribution is 0.0211. The molecule has 0 bridgehead atoms. The molecule has 28 heavy (non-hydrogen) atoms. The van der Waals surface area contributed by atoms with Crippen molar-refractivity contribution in [2.45, 2.75) is 32.2 Å². The van der Waals surface area contributed by atoms with Crippen LogP contribution in [0.2, 0.25) is 0 Å². The molecule has 1 heterocycles. The number of guanidine groups is 1. The number of nitrogens with zero attached hydrogens (tertiary/aromatic N) is 2. The third-order valence-electron chi connectivity index (χ3n) is 4.57. The second-order valence-electron chi connectivity index (χ2n) is 7.06. The fourth-order valence-corrected chi connectivity index (χ4v) is 3.91. The zero-order valence-electron chi connectivity index (χ0n) is 16.9. The number of aliphatic imine (C=N–C) groups is 1. The Morgan fingerprint density at radius 2 is 2.00 bits per heavy atom. The third-order valence-corrected chi connectivity index (χ3v) is 5.41. The number of benzene rings is 1. The van der Waals surface area contributed by atoms with Crippen LogP contribution >= 0.6 is 0 Å². The number of nitrogens with one attached hydrogen (secondary N) is 2. The van der Waals surface area contributed by atoms with Gasteiger partial charge in [0, 0.05) is 38.5 Å². The molecular formula is C19H31FN4O3S. The van der Waals surface area contributed by atoms with Gasteiger partial charge in [0.15, 0.2) is 15.8 Å². The molecule has 2 N–H and O–H groups in total. The van der Waals surface area contributed by atoms with Crippen molar-refractivity contribution in [3.8, 4) is 0 Å². The summed E-state index contributed by atoms with van der Waals surface area (Å²) in [5.41, 5.74) is 1.15. The Labute approximate surface area is 167 Å². The number of morpholine rings is 1. The van der Waals surface area contributed by atoms with Crippen molar-refractivity contribution >= 4 is 15.8 Å². The van der Waals surface area contributed by atoms with Gasteiger partial charge in [0.25, 0.3) is 0 Å². The lowest BCUT2D eigenvalue weighted by Crippen LogP contribution is -2.49. The monoisotopic (exact) mass is 414 g/mol. The van der Waals surface area contributed by atoms with Crippen LogP contribution in [0.5, 0.6) is 0 Å². The van der Waals surface area contributed by atoms with Gasteiger partial charge in [-0.3, -0.25) is 4.90 Å². The molecule has 1 aromatic carbocycles. The van der Waals surface area contributed by atoms with E-state index in [4.69, 9.17) is 4.74 Å². The minimum Gasteiger partial charge on any atom is -0.379 e. The van der Waals surface area contributed by atoms with E-state index in [1.807, 2.05) is 6.92 Å². The summed E-state index contributed by atoms with van der Waals surface area (Å²) >= 11 is 0. The lowest BCUT2D eigenvalue weighted by Gasteiger charge is -2.32. The van der Waals surface area contributed by atoms with Crippen LogP contribution in [0.1, 0.15) is 25.0 Å². The Balaban J connectivity index is 2.04. The molecule has 1 aliphatic heterocycles. The molecule has 1 aliphatic rings. The van der Waals surface area contributed by atoms with Gasteiger partial charge in [0.1, 0.15) is 5.82 Å². The standard InChI is InChI=1S/C19H31FN4O3S/c1-4-21-19(22-12-15(2)24-7-9-27-10-8-24)23-13-17-11-18(20)6-5-16(17)14-28(3,25)26/h5-6,11,15H,4,7-10,12-14H2,1-3H3,(H2,21,22,23). The van der Waals surface area contributed by atoms with E-state index in [-0.39, 0.29) is 12.3 Å². The van der Waals surface area contributed by atoms with Crippen LogP contribution in [-0.2, 0) is 26.9 Å². The fourth-order valence-electron chi connectivity index (χ4n) is 3.06. The Hall–Kier alpha value is -1.71. The van der Waals surface area contributed by atoms with Gasteiger partial charge in [0.05, 0.1) is 25.5 Å². The second kappa shape index (κ2) is 10.7. The van der Waals surface area contributed by atoms with Gasteiger partial charge in [-0.1, -0.05) is 6.07 Å². The number of halogens is 1. The van der Waals surface area contributed by atoms with Gasteiger partial charge in [-0.15, -0.1) is 0 Å². The molecular weight excluding hydrogens is 383 g/mol. The van der Waals surface area contributed by atoms with E-state index >= 15 is 0 Å². The van der Waals surface area contributed by atoms with Gasteiger partial charge in [0.2, 0.25) is 0 Å². The molecule has 0 spiro atoms. The Bertz CT molecular complexity index is 764. The summed E-state index contributed by atoms with van der Waals surface area (Å²) < 4.78 is 42.3. The lowest BCUT2D eigenvalue weighted by atomic mass is 10.1. The largest absolute Gasteiger partial charge is 0.379 e. The summed E-state index contributed by atoms with van der Waals surface area (Å²) in [6, 6.07) is 4.47. The van der Waals surface area contributed by atoms with Gasteiger partial charge in [-0.25, -0.2) is 17.8 Å². The highest BCUT2D eigenvalue weighted by Crippen LogP contribution is 2.15. The molecule has 1 saturated heterocycles. The highest BCUT2D eigenvalue weighted by Gasteiger charge is 2.17. The first-order valence-electron chi connectivity index (χ1n) is 9.57.